The van der Waals surface area contributed by atoms with Gasteiger partial charge in [0, 0.05) is 5.66 Å². The molecule has 2 heteroatoms. The largest absolute Gasteiger partial charge is 0.275 e. The molecule has 0 aromatic carbocycles. The van der Waals surface area contributed by atoms with E-state index in [2.05, 4.69) is 13.8 Å². The first kappa shape index (κ1) is 7.10. The number of rotatable bonds is 3. The molecule has 0 rings (SSSR count). The summed E-state index contributed by atoms with van der Waals surface area (Å²) in [5, 5.41) is 0. The van der Waals surface area contributed by atoms with Crippen molar-refractivity contribution in [2.45, 2.75) is 32.3 Å². The van der Waals surface area contributed by atoms with E-state index in [0.29, 0.717) is 14.1 Å². The molecule has 0 aromatic heterocycles. The summed E-state index contributed by atoms with van der Waals surface area (Å²) in [5.74, 6) is 0. The Labute approximate surface area is 46.3 Å². The van der Waals surface area contributed by atoms with Crippen molar-refractivity contribution in [2.24, 2.45) is 0 Å². The Morgan fingerprint density at radius 2 is 1.86 bits per heavy atom. The molecule has 1 nitrogen and oxygen atoms in total. The lowest BCUT2D eigenvalue weighted by Gasteiger charge is -1.95. The quantitative estimate of drug-likeness (QED) is 0.520. The van der Waals surface area contributed by atoms with E-state index in [-0.39, 0.29) is 0 Å². The molecular weight excluding hydrogens is 107 g/mol. The average Bonchev–Trinajstić information content (AvgIpc) is 1.72. The molecule has 0 bridgehead atoms. The summed E-state index contributed by atoms with van der Waals surface area (Å²) in [5.41, 5.74) is 0.403. The van der Waals surface area contributed by atoms with Gasteiger partial charge >= 0.3 is 0 Å². The molecule has 0 aliphatic rings. The summed E-state index contributed by atoms with van der Waals surface area (Å²) >= 11 is 0. The SMILES string of the molecule is CCC(CC)P=O. The van der Waals surface area contributed by atoms with E-state index >= 15 is 0 Å². The first-order valence-electron chi connectivity index (χ1n) is 2.67. The van der Waals surface area contributed by atoms with Gasteiger partial charge in [0.25, 0.3) is 0 Å². The molecule has 0 spiro atoms. The third-order valence-electron chi connectivity index (χ3n) is 1.09. The molecule has 0 heterocycles. The Kier molecular flexibility index (Phi) is 4.32. The van der Waals surface area contributed by atoms with Crippen LogP contribution in [0.5, 0.6) is 0 Å². The first-order valence-corrected chi connectivity index (χ1v) is 3.55. The summed E-state index contributed by atoms with van der Waals surface area (Å²) in [6, 6.07) is 0. The first-order chi connectivity index (χ1) is 3.35. The summed E-state index contributed by atoms with van der Waals surface area (Å²) in [7, 11) is 0.309. The maximum absolute atomic E-state index is 10.1. The molecule has 0 aliphatic heterocycles. The highest BCUT2D eigenvalue weighted by molar-refractivity contribution is 7.24. The van der Waals surface area contributed by atoms with Gasteiger partial charge in [-0.1, -0.05) is 13.8 Å². The summed E-state index contributed by atoms with van der Waals surface area (Å²) in [6.07, 6.45) is 2.06. The normalized spacial score (nSPS) is 10.7. The Bertz CT molecular complexity index is 50.0. The molecule has 0 aliphatic carbocycles. The summed E-state index contributed by atoms with van der Waals surface area (Å²) < 4.78 is 10.1. The van der Waals surface area contributed by atoms with E-state index in [1.54, 1.807) is 0 Å². The minimum atomic E-state index is 0.309. The van der Waals surface area contributed by atoms with Crippen molar-refractivity contribution in [3.63, 3.8) is 0 Å². The predicted octanol–water partition coefficient (Wildman–Crippen LogP) is 2.47. The second-order valence-corrected chi connectivity index (χ2v) is 2.52. The van der Waals surface area contributed by atoms with Crippen LogP contribution in [0.1, 0.15) is 26.7 Å². The Morgan fingerprint density at radius 3 is 1.86 bits per heavy atom. The van der Waals surface area contributed by atoms with Gasteiger partial charge in [-0.25, -0.2) is 0 Å². The molecule has 0 fully saturated rings. The zero-order chi connectivity index (χ0) is 5.70. The van der Waals surface area contributed by atoms with Crippen LogP contribution in [0.4, 0.5) is 0 Å². The van der Waals surface area contributed by atoms with Gasteiger partial charge in [0.2, 0.25) is 0 Å². The second-order valence-electron chi connectivity index (χ2n) is 1.58. The van der Waals surface area contributed by atoms with Crippen molar-refractivity contribution in [1.82, 2.24) is 0 Å². The maximum Gasteiger partial charge on any atom is 0.158 e. The van der Waals surface area contributed by atoms with E-state index in [1.165, 1.54) is 0 Å². The maximum atomic E-state index is 10.1. The van der Waals surface area contributed by atoms with Gasteiger partial charge in [0.05, 0.1) is 0 Å². The molecule has 7 heavy (non-hydrogen) atoms. The molecular formula is C5H11OP. The van der Waals surface area contributed by atoms with Crippen LogP contribution < -0.4 is 0 Å². The Hall–Kier alpha value is 0.100. The van der Waals surface area contributed by atoms with Crippen LogP contribution in [0.2, 0.25) is 0 Å². The highest BCUT2D eigenvalue weighted by atomic mass is 31.1. The van der Waals surface area contributed by atoms with E-state index in [0.717, 1.165) is 12.8 Å². The van der Waals surface area contributed by atoms with Crippen molar-refractivity contribution in [2.75, 3.05) is 0 Å². The highest BCUT2D eigenvalue weighted by Gasteiger charge is 1.98. The van der Waals surface area contributed by atoms with Gasteiger partial charge in [0.15, 0.2) is 8.46 Å². The fourth-order valence-electron chi connectivity index (χ4n) is 0.438. The lowest BCUT2D eigenvalue weighted by Crippen LogP contribution is -1.90. The van der Waals surface area contributed by atoms with E-state index in [4.69, 9.17) is 0 Å². The van der Waals surface area contributed by atoms with Crippen LogP contribution in [0.3, 0.4) is 0 Å². The average molecular weight is 118 g/mol. The summed E-state index contributed by atoms with van der Waals surface area (Å²) in [6.45, 7) is 4.11. The van der Waals surface area contributed by atoms with Gasteiger partial charge < -0.3 is 0 Å². The van der Waals surface area contributed by atoms with Crippen LogP contribution in [-0.4, -0.2) is 5.66 Å². The van der Waals surface area contributed by atoms with Crippen LogP contribution >= 0.6 is 8.46 Å². The van der Waals surface area contributed by atoms with E-state index in [9.17, 15) is 4.57 Å². The topological polar surface area (TPSA) is 17.1 Å². The van der Waals surface area contributed by atoms with Crippen LogP contribution in [0.25, 0.3) is 0 Å². The molecule has 0 N–H and O–H groups in total. The van der Waals surface area contributed by atoms with Crippen molar-refractivity contribution >= 4 is 8.46 Å². The van der Waals surface area contributed by atoms with Crippen molar-refractivity contribution in [3.05, 3.63) is 0 Å². The predicted molar refractivity (Wildman–Crippen MR) is 32.0 cm³/mol. The van der Waals surface area contributed by atoms with Crippen molar-refractivity contribution < 1.29 is 4.57 Å². The van der Waals surface area contributed by atoms with E-state index < -0.39 is 0 Å². The molecule has 0 aromatic rings. The minimum Gasteiger partial charge on any atom is -0.275 e. The number of hydrogen-bond donors (Lipinski definition) is 0. The third kappa shape index (κ3) is 2.76. The molecule has 0 saturated heterocycles. The van der Waals surface area contributed by atoms with Crippen molar-refractivity contribution in [3.8, 4) is 0 Å². The molecule has 0 amide bonds. The standard InChI is InChI=1S/C5H11OP/c1-3-5(4-2)7-6/h5H,3-4H2,1-2H3. The molecule has 42 valence electrons. The Balaban J connectivity index is 3.16. The zero-order valence-electron chi connectivity index (χ0n) is 4.85. The molecule has 0 radical (unpaired) electrons. The lowest BCUT2D eigenvalue weighted by atomic mass is 10.3. The van der Waals surface area contributed by atoms with Crippen LogP contribution in [0.15, 0.2) is 0 Å². The second kappa shape index (κ2) is 4.26. The van der Waals surface area contributed by atoms with Gasteiger partial charge in [-0.3, -0.25) is 4.57 Å². The number of hydrogen-bond acceptors (Lipinski definition) is 1. The summed E-state index contributed by atoms with van der Waals surface area (Å²) in [4.78, 5) is 0. The lowest BCUT2D eigenvalue weighted by molar-refractivity contribution is 0.585. The minimum absolute atomic E-state index is 0.309. The van der Waals surface area contributed by atoms with E-state index in [1.807, 2.05) is 0 Å². The fourth-order valence-corrected chi connectivity index (χ4v) is 0.736. The van der Waals surface area contributed by atoms with Gasteiger partial charge in [-0.2, -0.15) is 0 Å². The molecule has 0 unspecified atom stereocenters. The third-order valence-corrected chi connectivity index (χ3v) is 2.12. The van der Waals surface area contributed by atoms with Crippen LogP contribution in [-0.2, 0) is 4.57 Å². The highest BCUT2D eigenvalue weighted by Crippen LogP contribution is 2.12. The van der Waals surface area contributed by atoms with Gasteiger partial charge in [-0.05, 0) is 12.8 Å². The fraction of sp³-hybridized carbons (Fsp3) is 1.00. The van der Waals surface area contributed by atoms with Gasteiger partial charge in [-0.15, -0.1) is 0 Å². The monoisotopic (exact) mass is 118 g/mol. The zero-order valence-corrected chi connectivity index (χ0v) is 5.74. The van der Waals surface area contributed by atoms with Crippen LogP contribution in [0, 0.1) is 0 Å². The molecule has 0 atom stereocenters. The van der Waals surface area contributed by atoms with Crippen molar-refractivity contribution in [1.29, 1.82) is 0 Å². The molecule has 0 saturated carbocycles. The van der Waals surface area contributed by atoms with Gasteiger partial charge in [0.1, 0.15) is 0 Å². The smallest absolute Gasteiger partial charge is 0.158 e. The Morgan fingerprint density at radius 1 is 1.43 bits per heavy atom.